The molecule has 0 aliphatic rings. The third-order valence-electron chi connectivity index (χ3n) is 7.67. The summed E-state index contributed by atoms with van der Waals surface area (Å²) in [5.41, 5.74) is 1.42. The highest BCUT2D eigenvalue weighted by Crippen LogP contribution is 2.35. The first-order chi connectivity index (χ1) is 18.0. The second-order valence-electron chi connectivity index (χ2n) is 12.4. The number of carbonyl (C=O) groups excluding carboxylic acids is 3. The zero-order valence-corrected chi connectivity index (χ0v) is 25.8. The van der Waals surface area contributed by atoms with E-state index in [4.69, 9.17) is 4.74 Å². The first kappa shape index (κ1) is 32.1. The number of ether oxygens (including phenoxy) is 1. The molecule has 0 aliphatic heterocycles. The predicted octanol–water partition coefficient (Wildman–Crippen LogP) is 4.18. The van der Waals surface area contributed by atoms with Gasteiger partial charge >= 0.3 is 5.97 Å². The Labute approximate surface area is 234 Å². The lowest BCUT2D eigenvalue weighted by atomic mass is 9.76. The predicted molar refractivity (Wildman–Crippen MR) is 157 cm³/mol. The molecule has 8 heteroatoms. The fourth-order valence-electron chi connectivity index (χ4n) is 5.29. The highest BCUT2D eigenvalue weighted by atomic mass is 16.5. The van der Waals surface area contributed by atoms with Crippen LogP contribution in [0.3, 0.4) is 0 Å². The quantitative estimate of drug-likeness (QED) is 0.349. The average molecular weight is 541 g/mol. The van der Waals surface area contributed by atoms with Crippen LogP contribution >= 0.6 is 0 Å². The molecule has 1 aromatic carbocycles. The number of fused-ring (bicyclic) bond motifs is 1. The molecule has 2 amide bonds. The molecule has 0 bridgehead atoms. The minimum absolute atomic E-state index is 0.0326. The monoisotopic (exact) mass is 540 g/mol. The Morgan fingerprint density at radius 3 is 2.15 bits per heavy atom. The van der Waals surface area contributed by atoms with Gasteiger partial charge in [-0.05, 0) is 36.9 Å². The number of benzene rings is 1. The number of carbonyl (C=O) groups is 3. The molecule has 0 aliphatic carbocycles. The van der Waals surface area contributed by atoms with Gasteiger partial charge in [-0.25, -0.2) is 4.79 Å². The number of amides is 2. The van der Waals surface area contributed by atoms with Crippen molar-refractivity contribution in [3.05, 3.63) is 47.7 Å². The summed E-state index contributed by atoms with van der Waals surface area (Å²) in [4.78, 5) is 41.5. The molecule has 0 saturated heterocycles. The smallest absolute Gasteiger partial charge is 0.333 e. The third kappa shape index (κ3) is 6.90. The van der Waals surface area contributed by atoms with Crippen molar-refractivity contribution >= 4 is 28.7 Å². The Morgan fingerprint density at radius 1 is 1.05 bits per heavy atom. The molecule has 2 aromatic rings. The van der Waals surface area contributed by atoms with E-state index in [0.717, 1.165) is 16.5 Å². The average Bonchev–Trinajstić information content (AvgIpc) is 3.21. The van der Waals surface area contributed by atoms with E-state index in [0.29, 0.717) is 5.57 Å². The number of likely N-dealkylation sites (N-methyl/N-ethyl adjacent to an activating group) is 2. The van der Waals surface area contributed by atoms with Crippen LogP contribution < -0.4 is 10.6 Å². The van der Waals surface area contributed by atoms with Gasteiger partial charge in [0.25, 0.3) is 0 Å². The van der Waals surface area contributed by atoms with Crippen LogP contribution in [0.5, 0.6) is 0 Å². The van der Waals surface area contributed by atoms with Crippen LogP contribution in [0.15, 0.2) is 42.1 Å². The van der Waals surface area contributed by atoms with Crippen LogP contribution in [0.4, 0.5) is 0 Å². The summed E-state index contributed by atoms with van der Waals surface area (Å²) in [6.07, 6.45) is 3.83. The zero-order valence-electron chi connectivity index (χ0n) is 25.8. The molecule has 8 nitrogen and oxygen atoms in total. The van der Waals surface area contributed by atoms with E-state index in [1.165, 1.54) is 7.11 Å². The summed E-state index contributed by atoms with van der Waals surface area (Å²) in [5, 5.41) is 7.40. The topological polar surface area (TPSA) is 92.7 Å². The van der Waals surface area contributed by atoms with Crippen molar-refractivity contribution in [2.45, 2.75) is 78.9 Å². The lowest BCUT2D eigenvalue weighted by molar-refractivity contribution is -0.141. The van der Waals surface area contributed by atoms with Gasteiger partial charge in [-0.3, -0.25) is 9.59 Å². The van der Waals surface area contributed by atoms with Gasteiger partial charge in [-0.15, -0.1) is 0 Å². The van der Waals surface area contributed by atoms with Crippen molar-refractivity contribution in [3.63, 3.8) is 0 Å². The van der Waals surface area contributed by atoms with E-state index in [1.54, 1.807) is 32.0 Å². The van der Waals surface area contributed by atoms with Crippen molar-refractivity contribution in [3.8, 4) is 0 Å². The van der Waals surface area contributed by atoms with Gasteiger partial charge in [-0.1, -0.05) is 72.7 Å². The van der Waals surface area contributed by atoms with Crippen LogP contribution in [0, 0.1) is 11.3 Å². The number of esters is 1. The Balaban J connectivity index is 2.43. The minimum Gasteiger partial charge on any atom is -0.466 e. The SMILES string of the molecule is CN[C@H](C(=O)N[C@H](C(=O)N(C)[C@H](C=C(C)C(=O)OC)C(C)C)C(C)(C)C)C(C)(C)c1cn(C)c2ccccc12. The van der Waals surface area contributed by atoms with Gasteiger partial charge in [0, 0.05) is 42.2 Å². The van der Waals surface area contributed by atoms with Crippen LogP contribution in [0.25, 0.3) is 10.9 Å². The van der Waals surface area contributed by atoms with Crippen molar-refractivity contribution in [2.24, 2.45) is 18.4 Å². The molecular weight excluding hydrogens is 492 g/mol. The number of methoxy groups -OCH3 is 1. The van der Waals surface area contributed by atoms with Crippen LogP contribution in [0.2, 0.25) is 0 Å². The highest BCUT2D eigenvalue weighted by Gasteiger charge is 2.42. The van der Waals surface area contributed by atoms with E-state index < -0.39 is 28.9 Å². The maximum absolute atomic E-state index is 13.9. The summed E-state index contributed by atoms with van der Waals surface area (Å²) in [6.45, 7) is 15.6. The summed E-state index contributed by atoms with van der Waals surface area (Å²) in [5.74, 6) is -0.874. The van der Waals surface area contributed by atoms with E-state index in [1.807, 2.05) is 67.6 Å². The van der Waals surface area contributed by atoms with Crippen molar-refractivity contribution in [1.29, 1.82) is 0 Å². The molecule has 0 spiro atoms. The summed E-state index contributed by atoms with van der Waals surface area (Å²) in [7, 11) is 6.82. The molecule has 3 atom stereocenters. The maximum Gasteiger partial charge on any atom is 0.333 e. The second-order valence-corrected chi connectivity index (χ2v) is 12.4. The van der Waals surface area contributed by atoms with Gasteiger partial charge in [0.15, 0.2) is 0 Å². The molecule has 0 saturated carbocycles. The third-order valence-corrected chi connectivity index (χ3v) is 7.67. The highest BCUT2D eigenvalue weighted by molar-refractivity contribution is 5.93. The van der Waals surface area contributed by atoms with Crippen LogP contribution in [-0.4, -0.2) is 66.6 Å². The van der Waals surface area contributed by atoms with Crippen molar-refractivity contribution in [2.75, 3.05) is 21.2 Å². The molecule has 216 valence electrons. The lowest BCUT2D eigenvalue weighted by Gasteiger charge is -2.39. The fourth-order valence-corrected chi connectivity index (χ4v) is 5.29. The van der Waals surface area contributed by atoms with Gasteiger partial charge in [0.05, 0.1) is 19.2 Å². The van der Waals surface area contributed by atoms with Crippen molar-refractivity contribution in [1.82, 2.24) is 20.1 Å². The molecule has 0 radical (unpaired) electrons. The first-order valence-corrected chi connectivity index (χ1v) is 13.5. The van der Waals surface area contributed by atoms with E-state index in [-0.39, 0.29) is 23.8 Å². The summed E-state index contributed by atoms with van der Waals surface area (Å²) in [6, 6.07) is 6.39. The fraction of sp³-hybridized carbons (Fsp3) is 0.581. The van der Waals surface area contributed by atoms with E-state index in [2.05, 4.69) is 33.5 Å². The Kier molecular flexibility index (Phi) is 10.2. The number of hydrogen-bond donors (Lipinski definition) is 2. The lowest BCUT2D eigenvalue weighted by Crippen LogP contribution is -2.61. The zero-order chi connectivity index (χ0) is 29.9. The largest absolute Gasteiger partial charge is 0.466 e. The number of nitrogens with zero attached hydrogens (tertiary/aromatic N) is 2. The summed E-state index contributed by atoms with van der Waals surface area (Å²) < 4.78 is 6.92. The molecule has 1 aromatic heterocycles. The number of rotatable bonds is 10. The molecular formula is C31H48N4O4. The second kappa shape index (κ2) is 12.4. The maximum atomic E-state index is 13.9. The molecule has 1 heterocycles. The number of aromatic nitrogens is 1. The van der Waals surface area contributed by atoms with Crippen LogP contribution in [-0.2, 0) is 31.6 Å². The number of para-hydroxylation sites is 1. The van der Waals surface area contributed by atoms with Crippen molar-refractivity contribution < 1.29 is 19.1 Å². The van der Waals surface area contributed by atoms with Gasteiger partial charge in [-0.2, -0.15) is 0 Å². The number of hydrogen-bond acceptors (Lipinski definition) is 5. The Hall–Kier alpha value is -3.13. The van der Waals surface area contributed by atoms with Gasteiger partial charge in [0.1, 0.15) is 6.04 Å². The minimum atomic E-state index is -0.790. The molecule has 0 fully saturated rings. The first-order valence-electron chi connectivity index (χ1n) is 13.5. The molecule has 2 N–H and O–H groups in total. The van der Waals surface area contributed by atoms with E-state index >= 15 is 0 Å². The van der Waals surface area contributed by atoms with Gasteiger partial charge in [0.2, 0.25) is 11.8 Å². The molecule has 0 unspecified atom stereocenters. The molecule has 39 heavy (non-hydrogen) atoms. The van der Waals surface area contributed by atoms with E-state index in [9.17, 15) is 14.4 Å². The summed E-state index contributed by atoms with van der Waals surface area (Å²) >= 11 is 0. The Morgan fingerprint density at radius 2 is 1.64 bits per heavy atom. The number of aryl methyl sites for hydroxylation is 1. The van der Waals surface area contributed by atoms with Crippen LogP contribution in [0.1, 0.15) is 61.0 Å². The van der Waals surface area contributed by atoms with Gasteiger partial charge < -0.3 is 24.8 Å². The number of nitrogens with one attached hydrogen (secondary N) is 2. The Bertz CT molecular complexity index is 1220. The molecule has 2 rings (SSSR count). The normalized spacial score (nSPS) is 15.2. The standard InChI is InChI=1S/C31H48N4O4/c1-19(2)24(17-20(3)29(38)39-12)35(11)28(37)26(30(4,5)6)33-27(36)25(32-9)31(7,8)22-18-34(10)23-16-14-13-15-21(22)23/h13-19,24-26,32H,1-12H3,(H,33,36)/t24-,25-,26-/m1/s1.